The maximum atomic E-state index is 11.7. The lowest BCUT2D eigenvalue weighted by atomic mass is 10.1. The van der Waals surface area contributed by atoms with Crippen LogP contribution in [0.15, 0.2) is 0 Å². The summed E-state index contributed by atoms with van der Waals surface area (Å²) in [4.78, 5) is 0. The van der Waals surface area contributed by atoms with Crippen LogP contribution in [0.5, 0.6) is 0 Å². The van der Waals surface area contributed by atoms with Gasteiger partial charge >= 0.3 is 0 Å². The molecular weight excluding hydrogens is 202 g/mol. The lowest BCUT2D eigenvalue weighted by Gasteiger charge is -2.28. The highest BCUT2D eigenvalue weighted by atomic mass is 32.2. The van der Waals surface area contributed by atoms with Gasteiger partial charge in [-0.05, 0) is 19.3 Å². The molecule has 4 nitrogen and oxygen atoms in total. The number of unbranched alkanes of at least 4 members (excludes halogenated alkanes) is 1. The molecule has 0 atom stereocenters. The summed E-state index contributed by atoms with van der Waals surface area (Å²) in [5.41, 5.74) is 0. The standard InChI is InChI=1S/C9H19NO3S/c1-2-3-8-14(12,13)10-6-4-9(11)5-7-10/h9,11H,2-8H2,1H3. The van der Waals surface area contributed by atoms with Gasteiger partial charge in [0, 0.05) is 13.1 Å². The first-order valence-corrected chi connectivity index (χ1v) is 6.83. The lowest BCUT2D eigenvalue weighted by Crippen LogP contribution is -2.41. The van der Waals surface area contributed by atoms with Gasteiger partial charge in [-0.2, -0.15) is 0 Å². The minimum absolute atomic E-state index is 0.250. The van der Waals surface area contributed by atoms with E-state index in [1.54, 1.807) is 0 Å². The molecular formula is C9H19NO3S. The second kappa shape index (κ2) is 5.09. The minimum Gasteiger partial charge on any atom is -0.393 e. The van der Waals surface area contributed by atoms with Crippen LogP contribution in [-0.4, -0.2) is 42.8 Å². The highest BCUT2D eigenvalue weighted by Crippen LogP contribution is 2.14. The molecule has 0 spiro atoms. The molecule has 0 aromatic carbocycles. The number of aliphatic hydroxyl groups is 1. The highest BCUT2D eigenvalue weighted by molar-refractivity contribution is 7.89. The van der Waals surface area contributed by atoms with E-state index in [1.165, 1.54) is 4.31 Å². The van der Waals surface area contributed by atoms with E-state index in [2.05, 4.69) is 0 Å². The molecule has 0 amide bonds. The van der Waals surface area contributed by atoms with Crippen molar-refractivity contribution in [3.8, 4) is 0 Å². The normalized spacial score (nSPS) is 21.3. The maximum absolute atomic E-state index is 11.7. The fourth-order valence-corrected chi connectivity index (χ4v) is 3.26. The van der Waals surface area contributed by atoms with Gasteiger partial charge < -0.3 is 5.11 Å². The molecule has 1 saturated heterocycles. The van der Waals surface area contributed by atoms with Crippen LogP contribution >= 0.6 is 0 Å². The lowest BCUT2D eigenvalue weighted by molar-refractivity contribution is 0.113. The Hall–Kier alpha value is -0.130. The van der Waals surface area contributed by atoms with Crippen molar-refractivity contribution in [1.29, 1.82) is 0 Å². The molecule has 1 heterocycles. The molecule has 0 bridgehead atoms. The van der Waals surface area contributed by atoms with Gasteiger partial charge in [-0.3, -0.25) is 0 Å². The van der Waals surface area contributed by atoms with Crippen LogP contribution in [0.1, 0.15) is 32.6 Å². The first-order valence-electron chi connectivity index (χ1n) is 5.22. The fourth-order valence-electron chi connectivity index (χ4n) is 1.58. The minimum atomic E-state index is -3.05. The molecule has 5 heteroatoms. The van der Waals surface area contributed by atoms with E-state index >= 15 is 0 Å². The Labute approximate surface area is 86.0 Å². The molecule has 0 unspecified atom stereocenters. The molecule has 1 N–H and O–H groups in total. The number of rotatable bonds is 4. The third-order valence-electron chi connectivity index (χ3n) is 2.57. The Morgan fingerprint density at radius 1 is 1.36 bits per heavy atom. The van der Waals surface area contributed by atoms with E-state index in [1.807, 2.05) is 6.92 Å². The maximum Gasteiger partial charge on any atom is 0.214 e. The summed E-state index contributed by atoms with van der Waals surface area (Å²) in [6, 6.07) is 0. The largest absolute Gasteiger partial charge is 0.393 e. The second-order valence-corrected chi connectivity index (χ2v) is 5.89. The van der Waals surface area contributed by atoms with Crippen molar-refractivity contribution in [2.24, 2.45) is 0 Å². The quantitative estimate of drug-likeness (QED) is 0.755. The third-order valence-corrected chi connectivity index (χ3v) is 4.53. The zero-order chi connectivity index (χ0) is 10.6. The zero-order valence-corrected chi connectivity index (χ0v) is 9.46. The number of hydrogen-bond donors (Lipinski definition) is 1. The van der Waals surface area contributed by atoms with E-state index in [9.17, 15) is 13.5 Å². The van der Waals surface area contributed by atoms with Crippen LogP contribution in [0, 0.1) is 0 Å². The number of aliphatic hydroxyl groups excluding tert-OH is 1. The summed E-state index contributed by atoms with van der Waals surface area (Å²) in [5, 5.41) is 9.25. The predicted molar refractivity (Wildman–Crippen MR) is 55.5 cm³/mol. The molecule has 0 saturated carbocycles. The van der Waals surface area contributed by atoms with Crippen molar-refractivity contribution in [3.63, 3.8) is 0 Å². The van der Waals surface area contributed by atoms with Gasteiger partial charge in [0.25, 0.3) is 0 Å². The van der Waals surface area contributed by atoms with Crippen molar-refractivity contribution in [1.82, 2.24) is 4.31 Å². The average molecular weight is 221 g/mol. The molecule has 0 aliphatic carbocycles. The average Bonchev–Trinajstić information content (AvgIpc) is 2.16. The van der Waals surface area contributed by atoms with Crippen molar-refractivity contribution >= 4 is 10.0 Å². The summed E-state index contributed by atoms with van der Waals surface area (Å²) >= 11 is 0. The number of nitrogens with zero attached hydrogens (tertiary/aromatic N) is 1. The summed E-state index contributed by atoms with van der Waals surface area (Å²) < 4.78 is 24.9. The van der Waals surface area contributed by atoms with Crippen LogP contribution < -0.4 is 0 Å². The molecule has 1 rings (SSSR count). The van der Waals surface area contributed by atoms with Crippen LogP contribution in [0.4, 0.5) is 0 Å². The number of hydrogen-bond acceptors (Lipinski definition) is 3. The van der Waals surface area contributed by atoms with E-state index < -0.39 is 10.0 Å². The van der Waals surface area contributed by atoms with Crippen LogP contribution in [0.3, 0.4) is 0 Å². The Balaban J connectivity index is 2.47. The summed E-state index contributed by atoms with van der Waals surface area (Å²) in [5.74, 6) is 0.250. The SMILES string of the molecule is CCCCS(=O)(=O)N1CCC(O)CC1. The van der Waals surface area contributed by atoms with Gasteiger partial charge in [0.15, 0.2) is 0 Å². The van der Waals surface area contributed by atoms with Crippen LogP contribution in [0.2, 0.25) is 0 Å². The van der Waals surface area contributed by atoms with Crippen molar-refractivity contribution < 1.29 is 13.5 Å². The summed E-state index contributed by atoms with van der Waals surface area (Å²) in [6.45, 7) is 2.94. The smallest absolute Gasteiger partial charge is 0.214 e. The zero-order valence-electron chi connectivity index (χ0n) is 8.65. The van der Waals surface area contributed by atoms with Crippen LogP contribution in [-0.2, 0) is 10.0 Å². The molecule has 1 aliphatic rings. The topological polar surface area (TPSA) is 57.6 Å². The molecule has 1 aliphatic heterocycles. The van der Waals surface area contributed by atoms with Crippen molar-refractivity contribution in [2.75, 3.05) is 18.8 Å². The third kappa shape index (κ3) is 3.22. The van der Waals surface area contributed by atoms with Crippen molar-refractivity contribution in [3.05, 3.63) is 0 Å². The Bertz CT molecular complexity index is 255. The Kier molecular flexibility index (Phi) is 4.34. The molecule has 0 aromatic heterocycles. The molecule has 84 valence electrons. The molecule has 0 radical (unpaired) electrons. The second-order valence-electron chi connectivity index (χ2n) is 3.80. The summed E-state index contributed by atoms with van der Waals surface area (Å²) in [7, 11) is -3.05. The van der Waals surface area contributed by atoms with Gasteiger partial charge in [0.2, 0.25) is 10.0 Å². The van der Waals surface area contributed by atoms with Gasteiger partial charge in [-0.15, -0.1) is 0 Å². The first-order chi connectivity index (χ1) is 6.56. The van der Waals surface area contributed by atoms with Gasteiger partial charge in [-0.1, -0.05) is 13.3 Å². The molecule has 1 fully saturated rings. The fraction of sp³-hybridized carbons (Fsp3) is 1.00. The van der Waals surface area contributed by atoms with E-state index in [-0.39, 0.29) is 11.9 Å². The van der Waals surface area contributed by atoms with Crippen molar-refractivity contribution in [2.45, 2.75) is 38.7 Å². The van der Waals surface area contributed by atoms with Crippen LogP contribution in [0.25, 0.3) is 0 Å². The van der Waals surface area contributed by atoms with Gasteiger partial charge in [0.05, 0.1) is 11.9 Å². The highest BCUT2D eigenvalue weighted by Gasteiger charge is 2.26. The monoisotopic (exact) mass is 221 g/mol. The predicted octanol–water partition coefficient (Wildman–Crippen LogP) is 0.573. The number of sulfonamides is 1. The van der Waals surface area contributed by atoms with E-state index in [0.29, 0.717) is 25.9 Å². The molecule has 0 aromatic rings. The van der Waals surface area contributed by atoms with Gasteiger partial charge in [-0.25, -0.2) is 12.7 Å². The molecule has 14 heavy (non-hydrogen) atoms. The number of piperidine rings is 1. The van der Waals surface area contributed by atoms with Gasteiger partial charge in [0.1, 0.15) is 0 Å². The van der Waals surface area contributed by atoms with E-state index in [4.69, 9.17) is 0 Å². The Morgan fingerprint density at radius 3 is 2.43 bits per heavy atom. The summed E-state index contributed by atoms with van der Waals surface area (Å²) in [6.07, 6.45) is 2.46. The Morgan fingerprint density at radius 2 is 1.93 bits per heavy atom. The van der Waals surface area contributed by atoms with E-state index in [0.717, 1.165) is 12.8 Å². The first kappa shape index (κ1) is 11.9.